The fourth-order valence-corrected chi connectivity index (χ4v) is 2.99. The Kier molecular flexibility index (Phi) is 6.00. The van der Waals surface area contributed by atoms with E-state index in [1.807, 2.05) is 11.8 Å². The standard InChI is InChI=1S/C16H22ClFN2O/c1-12(14-6-5-13(18)11-15(14)17)19-8-7-16(21)20-9-3-2-4-10-20/h5-6,11-12,19H,2-4,7-10H2,1H3. The minimum Gasteiger partial charge on any atom is -0.343 e. The molecule has 1 fully saturated rings. The molecule has 1 aliphatic rings. The Hall–Kier alpha value is -1.13. The molecule has 1 saturated heterocycles. The number of carbonyl (C=O) groups excluding carboxylic acids is 1. The molecule has 1 unspecified atom stereocenters. The van der Waals surface area contributed by atoms with Crippen LogP contribution in [0.15, 0.2) is 18.2 Å². The maximum absolute atomic E-state index is 13.0. The quantitative estimate of drug-likeness (QED) is 0.902. The van der Waals surface area contributed by atoms with Crippen LogP contribution in [-0.4, -0.2) is 30.4 Å². The average Bonchev–Trinajstić information content (AvgIpc) is 2.47. The third kappa shape index (κ3) is 4.68. The summed E-state index contributed by atoms with van der Waals surface area (Å²) in [6.45, 7) is 4.34. The van der Waals surface area contributed by atoms with Gasteiger partial charge in [0, 0.05) is 37.1 Å². The number of rotatable bonds is 5. The van der Waals surface area contributed by atoms with E-state index in [4.69, 9.17) is 11.6 Å². The van der Waals surface area contributed by atoms with Crippen molar-refractivity contribution in [1.29, 1.82) is 0 Å². The zero-order valence-electron chi connectivity index (χ0n) is 12.4. The highest BCUT2D eigenvalue weighted by Gasteiger charge is 2.16. The molecule has 21 heavy (non-hydrogen) atoms. The molecular formula is C16H22ClFN2O. The molecule has 0 bridgehead atoms. The van der Waals surface area contributed by atoms with Gasteiger partial charge in [0.25, 0.3) is 0 Å². The van der Waals surface area contributed by atoms with Gasteiger partial charge < -0.3 is 10.2 Å². The van der Waals surface area contributed by atoms with Crippen molar-refractivity contribution in [2.45, 2.75) is 38.6 Å². The summed E-state index contributed by atoms with van der Waals surface area (Å²) in [7, 11) is 0. The molecule has 0 saturated carbocycles. The first-order chi connectivity index (χ1) is 10.1. The van der Waals surface area contributed by atoms with Crippen LogP contribution in [-0.2, 0) is 4.79 Å². The van der Waals surface area contributed by atoms with Gasteiger partial charge in [-0.15, -0.1) is 0 Å². The van der Waals surface area contributed by atoms with E-state index in [2.05, 4.69) is 5.32 Å². The summed E-state index contributed by atoms with van der Waals surface area (Å²) in [4.78, 5) is 14.0. The van der Waals surface area contributed by atoms with Crippen molar-refractivity contribution in [3.05, 3.63) is 34.6 Å². The number of likely N-dealkylation sites (tertiary alicyclic amines) is 1. The fraction of sp³-hybridized carbons (Fsp3) is 0.562. The van der Waals surface area contributed by atoms with Crippen LogP contribution in [0.1, 0.15) is 44.2 Å². The van der Waals surface area contributed by atoms with Crippen LogP contribution in [0.4, 0.5) is 4.39 Å². The van der Waals surface area contributed by atoms with E-state index in [1.54, 1.807) is 6.07 Å². The number of amides is 1. The van der Waals surface area contributed by atoms with Gasteiger partial charge in [0.05, 0.1) is 0 Å². The van der Waals surface area contributed by atoms with E-state index >= 15 is 0 Å². The van der Waals surface area contributed by atoms with E-state index in [0.717, 1.165) is 31.5 Å². The molecule has 0 aliphatic carbocycles. The highest BCUT2D eigenvalue weighted by Crippen LogP contribution is 2.23. The predicted octanol–water partition coefficient (Wildman–Crippen LogP) is 3.53. The Morgan fingerprint density at radius 3 is 2.76 bits per heavy atom. The summed E-state index contributed by atoms with van der Waals surface area (Å²) in [6, 6.07) is 4.39. The summed E-state index contributed by atoms with van der Waals surface area (Å²) in [5.41, 5.74) is 0.850. The van der Waals surface area contributed by atoms with E-state index < -0.39 is 0 Å². The second-order valence-corrected chi connectivity index (χ2v) is 5.94. The molecule has 1 aromatic rings. The number of nitrogens with zero attached hydrogens (tertiary/aromatic N) is 1. The highest BCUT2D eigenvalue weighted by molar-refractivity contribution is 6.31. The van der Waals surface area contributed by atoms with Crippen molar-refractivity contribution in [1.82, 2.24) is 10.2 Å². The van der Waals surface area contributed by atoms with E-state index in [0.29, 0.717) is 18.0 Å². The van der Waals surface area contributed by atoms with Crippen LogP contribution in [0, 0.1) is 5.82 Å². The maximum atomic E-state index is 13.0. The van der Waals surface area contributed by atoms with Crippen molar-refractivity contribution < 1.29 is 9.18 Å². The lowest BCUT2D eigenvalue weighted by atomic mass is 10.1. The molecule has 116 valence electrons. The van der Waals surface area contributed by atoms with Crippen molar-refractivity contribution in [2.24, 2.45) is 0 Å². The highest BCUT2D eigenvalue weighted by atomic mass is 35.5. The second-order valence-electron chi connectivity index (χ2n) is 5.53. The van der Waals surface area contributed by atoms with Crippen LogP contribution < -0.4 is 5.32 Å². The predicted molar refractivity (Wildman–Crippen MR) is 82.9 cm³/mol. The molecule has 0 radical (unpaired) electrons. The van der Waals surface area contributed by atoms with Crippen molar-refractivity contribution >= 4 is 17.5 Å². The third-order valence-corrected chi connectivity index (χ3v) is 4.25. The van der Waals surface area contributed by atoms with Gasteiger partial charge in [-0.1, -0.05) is 17.7 Å². The van der Waals surface area contributed by atoms with Crippen LogP contribution in [0.5, 0.6) is 0 Å². The van der Waals surface area contributed by atoms with Gasteiger partial charge in [-0.05, 0) is 43.9 Å². The normalized spacial score (nSPS) is 16.8. The first kappa shape index (κ1) is 16.2. The van der Waals surface area contributed by atoms with Gasteiger partial charge >= 0.3 is 0 Å². The van der Waals surface area contributed by atoms with Gasteiger partial charge in [0.2, 0.25) is 5.91 Å². The first-order valence-corrected chi connectivity index (χ1v) is 7.92. The average molecular weight is 313 g/mol. The number of nitrogens with one attached hydrogen (secondary N) is 1. The Bertz CT molecular complexity index is 489. The summed E-state index contributed by atoms with van der Waals surface area (Å²) in [5.74, 6) is -0.129. The second kappa shape index (κ2) is 7.76. The van der Waals surface area contributed by atoms with E-state index in [9.17, 15) is 9.18 Å². The zero-order valence-corrected chi connectivity index (χ0v) is 13.1. The van der Waals surface area contributed by atoms with Crippen molar-refractivity contribution in [3.63, 3.8) is 0 Å². The number of halogens is 2. The molecule has 1 heterocycles. The molecule has 2 rings (SSSR count). The van der Waals surface area contributed by atoms with Crippen LogP contribution in [0.2, 0.25) is 5.02 Å². The molecule has 5 heteroatoms. The van der Waals surface area contributed by atoms with Gasteiger partial charge in [-0.25, -0.2) is 4.39 Å². The third-order valence-electron chi connectivity index (χ3n) is 3.93. The molecular weight excluding hydrogens is 291 g/mol. The summed E-state index contributed by atoms with van der Waals surface area (Å²) in [6.07, 6.45) is 3.94. The van der Waals surface area contributed by atoms with Crippen molar-refractivity contribution in [2.75, 3.05) is 19.6 Å². The molecule has 1 N–H and O–H groups in total. The van der Waals surface area contributed by atoms with Crippen LogP contribution in [0.25, 0.3) is 0 Å². The zero-order chi connectivity index (χ0) is 15.2. The number of hydrogen-bond acceptors (Lipinski definition) is 2. The van der Waals surface area contributed by atoms with Crippen LogP contribution in [0.3, 0.4) is 0 Å². The fourth-order valence-electron chi connectivity index (χ4n) is 2.66. The number of benzene rings is 1. The largest absolute Gasteiger partial charge is 0.343 e. The number of piperidine rings is 1. The van der Waals surface area contributed by atoms with Crippen LogP contribution >= 0.6 is 11.6 Å². The van der Waals surface area contributed by atoms with Gasteiger partial charge in [0.15, 0.2) is 0 Å². The van der Waals surface area contributed by atoms with Gasteiger partial charge in [-0.3, -0.25) is 4.79 Å². The molecule has 1 amide bonds. The molecule has 1 aromatic carbocycles. The maximum Gasteiger partial charge on any atom is 0.223 e. The lowest BCUT2D eigenvalue weighted by molar-refractivity contribution is -0.132. The number of carbonyl (C=O) groups is 1. The summed E-state index contributed by atoms with van der Waals surface area (Å²) < 4.78 is 13.0. The molecule has 3 nitrogen and oxygen atoms in total. The SMILES string of the molecule is CC(NCCC(=O)N1CCCCC1)c1ccc(F)cc1Cl. The molecule has 1 aliphatic heterocycles. The molecule has 1 atom stereocenters. The number of hydrogen-bond donors (Lipinski definition) is 1. The Morgan fingerprint density at radius 2 is 2.10 bits per heavy atom. The first-order valence-electron chi connectivity index (χ1n) is 7.54. The topological polar surface area (TPSA) is 32.3 Å². The molecule has 0 aromatic heterocycles. The minimum absolute atomic E-state index is 0.00717. The monoisotopic (exact) mass is 312 g/mol. The van der Waals surface area contributed by atoms with E-state index in [-0.39, 0.29) is 17.8 Å². The summed E-state index contributed by atoms with van der Waals surface area (Å²) >= 11 is 6.03. The molecule has 0 spiro atoms. The minimum atomic E-state index is -0.337. The lowest BCUT2D eigenvalue weighted by Gasteiger charge is -2.27. The lowest BCUT2D eigenvalue weighted by Crippen LogP contribution is -2.37. The van der Waals surface area contributed by atoms with Gasteiger partial charge in [0.1, 0.15) is 5.82 Å². The summed E-state index contributed by atoms with van der Waals surface area (Å²) in [5, 5.41) is 3.69. The Labute approximate surface area is 130 Å². The van der Waals surface area contributed by atoms with E-state index in [1.165, 1.54) is 18.6 Å². The smallest absolute Gasteiger partial charge is 0.223 e. The van der Waals surface area contributed by atoms with Crippen molar-refractivity contribution in [3.8, 4) is 0 Å². The Balaban J connectivity index is 1.78. The Morgan fingerprint density at radius 1 is 1.38 bits per heavy atom. The van der Waals surface area contributed by atoms with Gasteiger partial charge in [-0.2, -0.15) is 0 Å².